The number of fused-ring (bicyclic) bond motifs is 1. The minimum atomic E-state index is -0.459. The highest BCUT2D eigenvalue weighted by molar-refractivity contribution is 7.10. The van der Waals surface area contributed by atoms with E-state index in [1.807, 2.05) is 36.3 Å². The molecular weight excluding hydrogens is 324 g/mol. The van der Waals surface area contributed by atoms with E-state index in [2.05, 4.69) is 15.5 Å². The predicted octanol–water partition coefficient (Wildman–Crippen LogP) is 2.64. The zero-order chi connectivity index (χ0) is 16.9. The molecule has 2 aromatic heterocycles. The molecule has 126 valence electrons. The van der Waals surface area contributed by atoms with Gasteiger partial charge >= 0.3 is 0 Å². The van der Waals surface area contributed by atoms with Crippen molar-refractivity contribution in [3.05, 3.63) is 33.6 Å². The van der Waals surface area contributed by atoms with E-state index in [-0.39, 0.29) is 17.7 Å². The number of hydrogen-bond acceptors (Lipinski definition) is 4. The molecular formula is C17H20N4O2S. The number of nitrogens with zero attached hydrogens (tertiary/aromatic N) is 2. The molecule has 1 fully saturated rings. The number of amides is 2. The lowest BCUT2D eigenvalue weighted by Crippen LogP contribution is -2.41. The van der Waals surface area contributed by atoms with E-state index in [4.69, 9.17) is 0 Å². The number of nitrogens with one attached hydrogen (secondary N) is 2. The highest BCUT2D eigenvalue weighted by Gasteiger charge is 2.44. The number of hydrogen-bond donors (Lipinski definition) is 2. The van der Waals surface area contributed by atoms with Gasteiger partial charge in [0.1, 0.15) is 0 Å². The molecule has 1 aliphatic carbocycles. The predicted molar refractivity (Wildman–Crippen MR) is 91.5 cm³/mol. The average molecular weight is 344 g/mol. The normalized spacial score (nSPS) is 18.5. The molecule has 0 unspecified atom stereocenters. The Kier molecular flexibility index (Phi) is 3.49. The van der Waals surface area contributed by atoms with Crippen molar-refractivity contribution in [3.63, 3.8) is 0 Å². The number of carbonyl (C=O) groups is 2. The van der Waals surface area contributed by atoms with E-state index in [1.165, 1.54) is 0 Å². The molecule has 2 aliphatic rings. The lowest BCUT2D eigenvalue weighted by Gasteiger charge is -2.31. The molecule has 0 saturated heterocycles. The summed E-state index contributed by atoms with van der Waals surface area (Å²) in [7, 11) is 0. The maximum atomic E-state index is 12.8. The van der Waals surface area contributed by atoms with Crippen LogP contribution in [0.25, 0.3) is 0 Å². The molecule has 1 aliphatic heterocycles. The number of thiophene rings is 1. The van der Waals surface area contributed by atoms with Crippen LogP contribution in [0.5, 0.6) is 0 Å². The zero-order valence-corrected chi connectivity index (χ0v) is 14.6. The molecule has 6 nitrogen and oxygen atoms in total. The van der Waals surface area contributed by atoms with Crippen LogP contribution in [0.15, 0.2) is 17.5 Å². The molecule has 2 aromatic rings. The van der Waals surface area contributed by atoms with E-state index >= 15 is 0 Å². The van der Waals surface area contributed by atoms with E-state index in [0.717, 1.165) is 29.0 Å². The van der Waals surface area contributed by atoms with Crippen LogP contribution in [-0.2, 0) is 28.1 Å². The molecule has 0 atom stereocenters. The lowest BCUT2D eigenvalue weighted by atomic mass is 10.0. The molecule has 2 amide bonds. The summed E-state index contributed by atoms with van der Waals surface area (Å²) in [4.78, 5) is 27.7. The fourth-order valence-corrected chi connectivity index (χ4v) is 3.94. The smallest absolute Gasteiger partial charge is 0.228 e. The van der Waals surface area contributed by atoms with Gasteiger partial charge in [0, 0.05) is 16.4 Å². The third-order valence-corrected chi connectivity index (χ3v) is 5.74. The first-order chi connectivity index (χ1) is 11.5. The van der Waals surface area contributed by atoms with Gasteiger partial charge in [0.15, 0.2) is 5.82 Å². The second kappa shape index (κ2) is 5.44. The highest BCUT2D eigenvalue weighted by atomic mass is 32.1. The Morgan fingerprint density at radius 2 is 2.25 bits per heavy atom. The van der Waals surface area contributed by atoms with Gasteiger partial charge in [0.05, 0.1) is 24.2 Å². The van der Waals surface area contributed by atoms with Gasteiger partial charge in [0.2, 0.25) is 11.8 Å². The van der Waals surface area contributed by atoms with Crippen LogP contribution in [0.4, 0.5) is 5.82 Å². The van der Waals surface area contributed by atoms with Gasteiger partial charge < -0.3 is 10.2 Å². The van der Waals surface area contributed by atoms with Crippen molar-refractivity contribution >= 4 is 29.0 Å². The molecule has 0 aromatic carbocycles. The molecule has 0 radical (unpaired) electrons. The van der Waals surface area contributed by atoms with Gasteiger partial charge in [-0.25, -0.2) is 0 Å². The molecule has 4 rings (SSSR count). The second-order valence-corrected chi connectivity index (χ2v) is 8.02. The fraction of sp³-hybridized carbons (Fsp3) is 0.471. The van der Waals surface area contributed by atoms with E-state index < -0.39 is 5.54 Å². The molecule has 24 heavy (non-hydrogen) atoms. The first kappa shape index (κ1) is 15.4. The Bertz CT molecular complexity index is 790. The first-order valence-electron chi connectivity index (χ1n) is 8.18. The summed E-state index contributed by atoms with van der Waals surface area (Å²) in [5.41, 5.74) is 1.38. The van der Waals surface area contributed by atoms with Gasteiger partial charge in [-0.1, -0.05) is 6.07 Å². The number of aromatic nitrogens is 2. The van der Waals surface area contributed by atoms with Crippen LogP contribution in [0, 0.1) is 5.92 Å². The number of rotatable bonds is 4. The van der Waals surface area contributed by atoms with Crippen LogP contribution in [0.1, 0.15) is 42.8 Å². The molecule has 0 bridgehead atoms. The monoisotopic (exact) mass is 344 g/mol. The van der Waals surface area contributed by atoms with Crippen molar-refractivity contribution in [1.29, 1.82) is 0 Å². The zero-order valence-electron chi connectivity index (χ0n) is 13.8. The number of carbonyl (C=O) groups excluding carboxylic acids is 2. The van der Waals surface area contributed by atoms with E-state index in [0.29, 0.717) is 18.8 Å². The van der Waals surface area contributed by atoms with Crippen molar-refractivity contribution in [2.45, 2.75) is 45.2 Å². The van der Waals surface area contributed by atoms with Crippen LogP contribution in [0.3, 0.4) is 0 Å². The van der Waals surface area contributed by atoms with Gasteiger partial charge in [-0.2, -0.15) is 5.10 Å². The third-order valence-electron chi connectivity index (χ3n) is 4.87. The summed E-state index contributed by atoms with van der Waals surface area (Å²) < 4.78 is 0. The molecule has 3 heterocycles. The average Bonchev–Trinajstić information content (AvgIpc) is 3.01. The first-order valence-corrected chi connectivity index (χ1v) is 9.06. The Morgan fingerprint density at radius 1 is 1.46 bits per heavy atom. The Balaban J connectivity index is 1.55. The number of aromatic amines is 1. The standard InChI is InChI=1S/C17H20N4O2S/c1-17(2)14-12(15(20-19-14)18-16(23)10-5-6-10)9-21(17)13(22)8-11-4-3-7-24-11/h3-4,7,10H,5-6,8-9H2,1-2H3,(H2,18,19,20,23). The third kappa shape index (κ3) is 2.53. The summed E-state index contributed by atoms with van der Waals surface area (Å²) in [6.07, 6.45) is 2.31. The van der Waals surface area contributed by atoms with Crippen LogP contribution in [-0.4, -0.2) is 26.9 Å². The molecule has 0 spiro atoms. The highest BCUT2D eigenvalue weighted by Crippen LogP contribution is 2.41. The van der Waals surface area contributed by atoms with E-state index in [1.54, 1.807) is 11.3 Å². The van der Waals surface area contributed by atoms with Gasteiger partial charge in [0.25, 0.3) is 0 Å². The molecule has 7 heteroatoms. The van der Waals surface area contributed by atoms with Gasteiger partial charge in [-0.15, -0.1) is 11.3 Å². The van der Waals surface area contributed by atoms with E-state index in [9.17, 15) is 9.59 Å². The van der Waals surface area contributed by atoms with Crippen molar-refractivity contribution < 1.29 is 9.59 Å². The summed E-state index contributed by atoms with van der Waals surface area (Å²) in [6.45, 7) is 4.50. The van der Waals surface area contributed by atoms with Gasteiger partial charge in [-0.05, 0) is 38.1 Å². The van der Waals surface area contributed by atoms with Gasteiger partial charge in [-0.3, -0.25) is 14.7 Å². The Labute approximate surface area is 144 Å². The van der Waals surface area contributed by atoms with Crippen molar-refractivity contribution in [2.24, 2.45) is 5.92 Å². The summed E-state index contributed by atoms with van der Waals surface area (Å²) in [5, 5.41) is 12.2. The minimum Gasteiger partial charge on any atom is -0.327 e. The summed E-state index contributed by atoms with van der Waals surface area (Å²) in [6, 6.07) is 3.94. The minimum absolute atomic E-state index is 0.0328. The SMILES string of the molecule is CC1(C)c2[nH]nc(NC(=O)C3CC3)c2CN1C(=O)Cc1cccs1. The van der Waals surface area contributed by atoms with Crippen molar-refractivity contribution in [3.8, 4) is 0 Å². The van der Waals surface area contributed by atoms with Crippen LogP contribution < -0.4 is 5.32 Å². The Hall–Kier alpha value is -2.15. The Morgan fingerprint density at radius 3 is 2.92 bits per heavy atom. The second-order valence-electron chi connectivity index (χ2n) is 6.98. The largest absolute Gasteiger partial charge is 0.327 e. The van der Waals surface area contributed by atoms with Crippen molar-refractivity contribution in [2.75, 3.05) is 5.32 Å². The number of H-pyrrole nitrogens is 1. The fourth-order valence-electron chi connectivity index (χ4n) is 3.24. The topological polar surface area (TPSA) is 78.1 Å². The van der Waals surface area contributed by atoms with Crippen molar-refractivity contribution in [1.82, 2.24) is 15.1 Å². The summed E-state index contributed by atoms with van der Waals surface area (Å²) >= 11 is 1.59. The maximum Gasteiger partial charge on any atom is 0.228 e. The lowest BCUT2D eigenvalue weighted by molar-refractivity contribution is -0.135. The molecule has 1 saturated carbocycles. The summed E-state index contributed by atoms with van der Waals surface area (Å²) in [5.74, 6) is 0.821. The van der Waals surface area contributed by atoms with Crippen LogP contribution >= 0.6 is 11.3 Å². The maximum absolute atomic E-state index is 12.8. The van der Waals surface area contributed by atoms with Crippen LogP contribution in [0.2, 0.25) is 0 Å². The molecule has 2 N–H and O–H groups in total. The quantitative estimate of drug-likeness (QED) is 0.895. The number of anilines is 1.